The maximum atomic E-state index is 13.4. The summed E-state index contributed by atoms with van der Waals surface area (Å²) in [7, 11) is 0. The molecule has 1 atom stereocenters. The van der Waals surface area contributed by atoms with Crippen LogP contribution in [0.5, 0.6) is 0 Å². The Labute approximate surface area is 118 Å². The molecule has 0 aromatic heterocycles. The lowest BCUT2D eigenvalue weighted by molar-refractivity contribution is -0.114. The summed E-state index contributed by atoms with van der Waals surface area (Å²) in [5, 5.41) is 3.21. The molecule has 2 rings (SSSR count). The average molecular weight is 278 g/mol. The van der Waals surface area contributed by atoms with Gasteiger partial charge >= 0.3 is 0 Å². The molecule has 0 fully saturated rings. The van der Waals surface area contributed by atoms with E-state index in [9.17, 15) is 14.0 Å². The van der Waals surface area contributed by atoms with Crippen LogP contribution in [0.2, 0.25) is 0 Å². The molecule has 20 heavy (non-hydrogen) atoms. The monoisotopic (exact) mass is 278 g/mol. The van der Waals surface area contributed by atoms with E-state index in [1.807, 2.05) is 13.8 Å². The smallest absolute Gasteiger partial charge is 0.299 e. The van der Waals surface area contributed by atoms with Crippen LogP contribution in [0.4, 0.5) is 10.1 Å². The molecule has 108 valence electrons. The number of benzene rings is 1. The number of amides is 1. The Morgan fingerprint density at radius 2 is 2.05 bits per heavy atom. The van der Waals surface area contributed by atoms with Crippen LogP contribution in [-0.2, 0) is 4.79 Å². The van der Waals surface area contributed by atoms with Gasteiger partial charge in [-0.05, 0) is 43.6 Å². The Morgan fingerprint density at radius 1 is 1.35 bits per heavy atom. The molecule has 0 saturated heterocycles. The van der Waals surface area contributed by atoms with E-state index in [1.54, 1.807) is 6.92 Å². The summed E-state index contributed by atoms with van der Waals surface area (Å²) in [6.45, 7) is 7.83. The third kappa shape index (κ3) is 2.58. The molecule has 1 aliphatic rings. The van der Waals surface area contributed by atoms with Gasteiger partial charge in [-0.2, -0.15) is 0 Å². The molecular formula is C15H19FN2O2. The van der Waals surface area contributed by atoms with Gasteiger partial charge in [-0.1, -0.05) is 13.8 Å². The van der Waals surface area contributed by atoms with Crippen molar-refractivity contribution in [2.75, 3.05) is 24.5 Å². The highest BCUT2D eigenvalue weighted by molar-refractivity contribution is 6.52. The first-order valence-corrected chi connectivity index (χ1v) is 6.82. The maximum Gasteiger partial charge on any atom is 0.299 e. The van der Waals surface area contributed by atoms with Crippen molar-refractivity contribution in [2.24, 2.45) is 5.92 Å². The van der Waals surface area contributed by atoms with E-state index >= 15 is 0 Å². The van der Waals surface area contributed by atoms with E-state index in [2.05, 4.69) is 5.32 Å². The number of fused-ring (bicyclic) bond motifs is 1. The number of Topliss-reactive ketones (excluding diaryl/α,β-unsaturated/α-hetero) is 1. The van der Waals surface area contributed by atoms with Gasteiger partial charge in [0.2, 0.25) is 0 Å². The summed E-state index contributed by atoms with van der Waals surface area (Å²) in [6.07, 6.45) is 0. The minimum absolute atomic E-state index is 0.183. The van der Waals surface area contributed by atoms with Crippen molar-refractivity contribution in [3.05, 3.63) is 29.1 Å². The Balaban J connectivity index is 2.29. The highest BCUT2D eigenvalue weighted by atomic mass is 19.1. The van der Waals surface area contributed by atoms with Gasteiger partial charge in [0, 0.05) is 6.54 Å². The van der Waals surface area contributed by atoms with Gasteiger partial charge in [0.05, 0.1) is 11.3 Å². The highest BCUT2D eigenvalue weighted by Crippen LogP contribution is 2.33. The van der Waals surface area contributed by atoms with Crippen molar-refractivity contribution in [3.63, 3.8) is 0 Å². The molecule has 4 nitrogen and oxygen atoms in total. The number of nitrogens with one attached hydrogen (secondary N) is 1. The van der Waals surface area contributed by atoms with Gasteiger partial charge in [-0.25, -0.2) is 4.39 Å². The molecule has 1 aromatic rings. The molecule has 0 spiro atoms. The quantitative estimate of drug-likeness (QED) is 0.837. The van der Waals surface area contributed by atoms with Crippen molar-refractivity contribution < 1.29 is 14.0 Å². The number of anilines is 1. The van der Waals surface area contributed by atoms with Crippen molar-refractivity contribution in [3.8, 4) is 0 Å². The molecule has 1 N–H and O–H groups in total. The van der Waals surface area contributed by atoms with E-state index in [0.29, 0.717) is 17.8 Å². The number of carbonyl (C=O) groups is 2. The van der Waals surface area contributed by atoms with Crippen LogP contribution in [0.25, 0.3) is 0 Å². The van der Waals surface area contributed by atoms with Crippen LogP contribution < -0.4 is 10.2 Å². The van der Waals surface area contributed by atoms with Gasteiger partial charge in [-0.15, -0.1) is 0 Å². The van der Waals surface area contributed by atoms with Gasteiger partial charge in [0.15, 0.2) is 0 Å². The van der Waals surface area contributed by atoms with Crippen molar-refractivity contribution in [1.82, 2.24) is 5.32 Å². The second-order valence-corrected chi connectivity index (χ2v) is 5.28. The van der Waals surface area contributed by atoms with Crippen molar-refractivity contribution in [2.45, 2.75) is 20.8 Å². The number of aryl methyl sites for hydroxylation is 1. The van der Waals surface area contributed by atoms with Gasteiger partial charge in [0.25, 0.3) is 11.7 Å². The number of ketones is 1. The second kappa shape index (κ2) is 5.71. The standard InChI is InChI=1S/C15H19FN2O2/c1-4-17-7-9(2)8-18-13-10(3)5-11(16)6-12(13)14(19)15(18)20/h5-6,9,17H,4,7-8H2,1-3H3. The summed E-state index contributed by atoms with van der Waals surface area (Å²) in [5.41, 5.74) is 1.36. The van der Waals surface area contributed by atoms with Crippen LogP contribution in [-0.4, -0.2) is 31.3 Å². The lowest BCUT2D eigenvalue weighted by atomic mass is 10.1. The fraction of sp³-hybridized carbons (Fsp3) is 0.467. The van der Waals surface area contributed by atoms with Gasteiger partial charge in [0.1, 0.15) is 5.82 Å². The Morgan fingerprint density at radius 3 is 2.70 bits per heavy atom. The number of nitrogens with zero attached hydrogens (tertiary/aromatic N) is 1. The first kappa shape index (κ1) is 14.7. The highest BCUT2D eigenvalue weighted by Gasteiger charge is 2.37. The molecule has 1 aliphatic heterocycles. The SMILES string of the molecule is CCNCC(C)CN1C(=O)C(=O)c2cc(F)cc(C)c21. The van der Waals surface area contributed by atoms with Gasteiger partial charge in [-0.3, -0.25) is 9.59 Å². The first-order chi connectivity index (χ1) is 9.45. The average Bonchev–Trinajstić information content (AvgIpc) is 2.62. The fourth-order valence-corrected chi connectivity index (χ4v) is 2.55. The molecule has 5 heteroatoms. The van der Waals surface area contributed by atoms with Gasteiger partial charge < -0.3 is 10.2 Å². The zero-order valence-corrected chi connectivity index (χ0v) is 12.0. The number of hydrogen-bond acceptors (Lipinski definition) is 3. The summed E-state index contributed by atoms with van der Waals surface area (Å²) in [5.74, 6) is -1.44. The van der Waals surface area contributed by atoms with E-state index in [4.69, 9.17) is 0 Å². The number of rotatable bonds is 5. The van der Waals surface area contributed by atoms with Crippen LogP contribution >= 0.6 is 0 Å². The summed E-state index contributed by atoms with van der Waals surface area (Å²) in [6, 6.07) is 2.50. The molecule has 1 aromatic carbocycles. The summed E-state index contributed by atoms with van der Waals surface area (Å²) < 4.78 is 13.4. The largest absolute Gasteiger partial charge is 0.317 e. The molecule has 1 unspecified atom stereocenters. The topological polar surface area (TPSA) is 49.4 Å². The molecule has 0 bridgehead atoms. The predicted molar refractivity (Wildman–Crippen MR) is 75.5 cm³/mol. The third-order valence-corrected chi connectivity index (χ3v) is 3.46. The molecule has 0 saturated carbocycles. The molecule has 0 radical (unpaired) electrons. The number of halogens is 1. The molecule has 0 aliphatic carbocycles. The minimum atomic E-state index is -0.613. The zero-order chi connectivity index (χ0) is 14.9. The Hall–Kier alpha value is -1.75. The Bertz CT molecular complexity index is 557. The normalized spacial score (nSPS) is 15.7. The molecular weight excluding hydrogens is 259 g/mol. The van der Waals surface area contributed by atoms with Crippen LogP contribution in [0.15, 0.2) is 12.1 Å². The lowest BCUT2D eigenvalue weighted by Crippen LogP contribution is -2.37. The number of carbonyl (C=O) groups excluding carboxylic acids is 2. The van der Waals surface area contributed by atoms with Crippen LogP contribution in [0.3, 0.4) is 0 Å². The minimum Gasteiger partial charge on any atom is -0.317 e. The van der Waals surface area contributed by atoms with Crippen LogP contribution in [0.1, 0.15) is 29.8 Å². The number of hydrogen-bond donors (Lipinski definition) is 1. The molecule has 1 heterocycles. The summed E-state index contributed by atoms with van der Waals surface area (Å²) in [4.78, 5) is 25.5. The molecule has 1 amide bonds. The zero-order valence-electron chi connectivity index (χ0n) is 12.0. The third-order valence-electron chi connectivity index (χ3n) is 3.46. The maximum absolute atomic E-state index is 13.4. The van der Waals surface area contributed by atoms with Crippen molar-refractivity contribution >= 4 is 17.4 Å². The second-order valence-electron chi connectivity index (χ2n) is 5.28. The van der Waals surface area contributed by atoms with E-state index in [1.165, 1.54) is 11.0 Å². The van der Waals surface area contributed by atoms with E-state index < -0.39 is 17.5 Å². The van der Waals surface area contributed by atoms with Crippen LogP contribution in [0, 0.1) is 18.7 Å². The summed E-state index contributed by atoms with van der Waals surface area (Å²) >= 11 is 0. The predicted octanol–water partition coefficient (Wildman–Crippen LogP) is 1.91. The van der Waals surface area contributed by atoms with E-state index in [-0.39, 0.29) is 11.5 Å². The fourth-order valence-electron chi connectivity index (χ4n) is 2.55. The first-order valence-electron chi connectivity index (χ1n) is 6.82. The van der Waals surface area contributed by atoms with Crippen molar-refractivity contribution in [1.29, 1.82) is 0 Å². The lowest BCUT2D eigenvalue weighted by Gasteiger charge is -2.22. The Kier molecular flexibility index (Phi) is 4.18. The van der Waals surface area contributed by atoms with E-state index in [0.717, 1.165) is 19.2 Å².